The summed E-state index contributed by atoms with van der Waals surface area (Å²) >= 11 is 0. The van der Waals surface area contributed by atoms with E-state index in [1.165, 1.54) is 0 Å². The molecule has 3 atom stereocenters. The first kappa shape index (κ1) is 14.5. The highest BCUT2D eigenvalue weighted by Gasteiger charge is 2.42. The molecule has 100 valence electrons. The molecule has 0 aromatic rings. The quantitative estimate of drug-likeness (QED) is 0.757. The van der Waals surface area contributed by atoms with Gasteiger partial charge in [0.1, 0.15) is 5.60 Å². The Morgan fingerprint density at radius 1 is 1.47 bits per heavy atom. The lowest BCUT2D eigenvalue weighted by Crippen LogP contribution is -2.46. The molecule has 0 amide bonds. The molecule has 0 spiro atoms. The monoisotopic (exact) mass is 242 g/mol. The molecular formula is C14H26O3. The number of carbonyl (C=O) groups is 1. The largest absolute Gasteiger partial charge is 0.460 e. The highest BCUT2D eigenvalue weighted by molar-refractivity contribution is 5.74. The summed E-state index contributed by atoms with van der Waals surface area (Å²) < 4.78 is 5.35. The van der Waals surface area contributed by atoms with Gasteiger partial charge in [-0.2, -0.15) is 0 Å². The average Bonchev–Trinajstić information content (AvgIpc) is 2.13. The fourth-order valence-corrected chi connectivity index (χ4v) is 2.57. The molecule has 1 saturated carbocycles. The van der Waals surface area contributed by atoms with Gasteiger partial charge in [-0.25, -0.2) is 0 Å². The zero-order valence-corrected chi connectivity index (χ0v) is 11.7. The smallest absolute Gasteiger partial charge is 0.312 e. The van der Waals surface area contributed by atoms with Gasteiger partial charge in [-0.3, -0.25) is 4.79 Å². The fraction of sp³-hybridized carbons (Fsp3) is 0.929. The van der Waals surface area contributed by atoms with Crippen LogP contribution in [0.5, 0.6) is 0 Å². The van der Waals surface area contributed by atoms with Gasteiger partial charge in [0.2, 0.25) is 0 Å². The summed E-state index contributed by atoms with van der Waals surface area (Å²) in [5.41, 5.74) is -1.36. The van der Waals surface area contributed by atoms with Crippen LogP contribution >= 0.6 is 0 Å². The molecule has 3 unspecified atom stereocenters. The predicted octanol–water partition coefficient (Wildman–Crippen LogP) is 2.91. The second-order valence-electron chi connectivity index (χ2n) is 6.56. The van der Waals surface area contributed by atoms with Crippen molar-refractivity contribution in [2.75, 3.05) is 0 Å². The third-order valence-corrected chi connectivity index (χ3v) is 3.57. The number of hydrogen-bond acceptors (Lipinski definition) is 3. The first-order valence-corrected chi connectivity index (χ1v) is 6.59. The van der Waals surface area contributed by atoms with Gasteiger partial charge < -0.3 is 9.84 Å². The predicted molar refractivity (Wildman–Crippen MR) is 67.6 cm³/mol. The topological polar surface area (TPSA) is 46.5 Å². The normalized spacial score (nSPS) is 32.0. The standard InChI is InChI=1S/C14H26O3/c1-10-7-6-8-14(16,9-10)11(2)12(15)17-13(3,4)5/h10-11,16H,6-9H2,1-5H3. The van der Waals surface area contributed by atoms with Gasteiger partial charge in [0.25, 0.3) is 0 Å². The van der Waals surface area contributed by atoms with Crippen molar-refractivity contribution in [2.45, 2.75) is 71.5 Å². The van der Waals surface area contributed by atoms with E-state index in [0.29, 0.717) is 18.8 Å². The molecule has 0 aliphatic heterocycles. The van der Waals surface area contributed by atoms with Crippen LogP contribution in [0.3, 0.4) is 0 Å². The second kappa shape index (κ2) is 4.97. The van der Waals surface area contributed by atoms with E-state index in [2.05, 4.69) is 6.92 Å². The molecule has 0 radical (unpaired) electrons. The fourth-order valence-electron chi connectivity index (χ4n) is 2.57. The molecule has 1 fully saturated rings. The van der Waals surface area contributed by atoms with Gasteiger partial charge in [-0.15, -0.1) is 0 Å². The van der Waals surface area contributed by atoms with Crippen molar-refractivity contribution in [1.82, 2.24) is 0 Å². The number of rotatable bonds is 2. The van der Waals surface area contributed by atoms with Crippen molar-refractivity contribution in [1.29, 1.82) is 0 Å². The first-order valence-electron chi connectivity index (χ1n) is 6.59. The molecule has 3 heteroatoms. The number of ether oxygens (including phenoxy) is 1. The molecule has 3 nitrogen and oxygen atoms in total. The molecular weight excluding hydrogens is 216 g/mol. The third-order valence-electron chi connectivity index (χ3n) is 3.57. The number of aliphatic hydroxyl groups is 1. The zero-order chi connectivity index (χ0) is 13.3. The minimum Gasteiger partial charge on any atom is -0.460 e. The van der Waals surface area contributed by atoms with Gasteiger partial charge in [0.05, 0.1) is 11.5 Å². The van der Waals surface area contributed by atoms with Crippen molar-refractivity contribution in [3.8, 4) is 0 Å². The maximum Gasteiger partial charge on any atom is 0.312 e. The highest BCUT2D eigenvalue weighted by Crippen LogP contribution is 2.38. The molecule has 0 bridgehead atoms. The maximum absolute atomic E-state index is 12.0. The molecule has 0 heterocycles. The van der Waals surface area contributed by atoms with Crippen LogP contribution < -0.4 is 0 Å². The summed E-state index contributed by atoms with van der Waals surface area (Å²) in [5, 5.41) is 10.6. The van der Waals surface area contributed by atoms with Crippen LogP contribution in [-0.4, -0.2) is 22.3 Å². The maximum atomic E-state index is 12.0. The second-order valence-corrected chi connectivity index (χ2v) is 6.56. The lowest BCUT2D eigenvalue weighted by Gasteiger charge is -2.39. The van der Waals surface area contributed by atoms with E-state index in [1.54, 1.807) is 6.92 Å². The van der Waals surface area contributed by atoms with E-state index in [0.717, 1.165) is 12.8 Å². The summed E-state index contributed by atoms with van der Waals surface area (Å²) in [5.74, 6) is -0.239. The van der Waals surface area contributed by atoms with Crippen LogP contribution in [0.25, 0.3) is 0 Å². The van der Waals surface area contributed by atoms with E-state index in [9.17, 15) is 9.90 Å². The Morgan fingerprint density at radius 2 is 2.06 bits per heavy atom. The van der Waals surface area contributed by atoms with Crippen LogP contribution in [0.2, 0.25) is 0 Å². The van der Waals surface area contributed by atoms with E-state index >= 15 is 0 Å². The number of hydrogen-bond donors (Lipinski definition) is 1. The highest BCUT2D eigenvalue weighted by atomic mass is 16.6. The van der Waals surface area contributed by atoms with Crippen LogP contribution in [0, 0.1) is 11.8 Å². The third kappa shape index (κ3) is 3.98. The van der Waals surface area contributed by atoms with E-state index in [1.807, 2.05) is 20.8 Å². The van der Waals surface area contributed by atoms with Crippen LogP contribution in [0.1, 0.15) is 60.3 Å². The molecule has 17 heavy (non-hydrogen) atoms. The zero-order valence-electron chi connectivity index (χ0n) is 11.7. The lowest BCUT2D eigenvalue weighted by atomic mass is 9.72. The van der Waals surface area contributed by atoms with Gasteiger partial charge in [-0.05, 0) is 46.5 Å². The number of esters is 1. The molecule has 1 aliphatic rings. The summed E-state index contributed by atoms with van der Waals surface area (Å²) in [6.07, 6.45) is 3.54. The van der Waals surface area contributed by atoms with Gasteiger partial charge in [0.15, 0.2) is 0 Å². The molecule has 1 N–H and O–H groups in total. The Bertz CT molecular complexity index is 280. The minimum absolute atomic E-state index is 0.283. The van der Waals surface area contributed by atoms with Crippen LogP contribution in [0.4, 0.5) is 0 Å². The molecule has 0 aromatic heterocycles. The van der Waals surface area contributed by atoms with Crippen molar-refractivity contribution in [3.05, 3.63) is 0 Å². The van der Waals surface area contributed by atoms with Gasteiger partial charge in [0, 0.05) is 0 Å². The SMILES string of the molecule is CC1CCCC(O)(C(C)C(=O)OC(C)(C)C)C1. The molecule has 0 aromatic carbocycles. The van der Waals surface area contributed by atoms with Crippen molar-refractivity contribution in [2.24, 2.45) is 11.8 Å². The minimum atomic E-state index is -0.875. The Balaban J connectivity index is 2.67. The van der Waals surface area contributed by atoms with Gasteiger partial charge >= 0.3 is 5.97 Å². The average molecular weight is 242 g/mol. The Hall–Kier alpha value is -0.570. The Morgan fingerprint density at radius 3 is 2.53 bits per heavy atom. The van der Waals surface area contributed by atoms with E-state index in [4.69, 9.17) is 4.74 Å². The summed E-state index contributed by atoms with van der Waals surface area (Å²) in [6, 6.07) is 0. The summed E-state index contributed by atoms with van der Waals surface area (Å²) in [4.78, 5) is 12.0. The van der Waals surface area contributed by atoms with E-state index in [-0.39, 0.29) is 5.97 Å². The van der Waals surface area contributed by atoms with E-state index < -0.39 is 17.1 Å². The molecule has 0 saturated heterocycles. The first-order chi connectivity index (χ1) is 7.64. The molecule has 1 rings (SSSR count). The van der Waals surface area contributed by atoms with Crippen LogP contribution in [0.15, 0.2) is 0 Å². The number of carbonyl (C=O) groups excluding carboxylic acids is 1. The van der Waals surface area contributed by atoms with Crippen molar-refractivity contribution >= 4 is 5.97 Å². The van der Waals surface area contributed by atoms with Gasteiger partial charge in [-0.1, -0.05) is 19.8 Å². The van der Waals surface area contributed by atoms with Crippen LogP contribution in [-0.2, 0) is 9.53 Å². The molecule has 1 aliphatic carbocycles. The Labute approximate surface area is 105 Å². The van der Waals surface area contributed by atoms with Crippen molar-refractivity contribution < 1.29 is 14.6 Å². The lowest BCUT2D eigenvalue weighted by molar-refractivity contribution is -0.172. The summed E-state index contributed by atoms with van der Waals surface area (Å²) in [7, 11) is 0. The summed E-state index contributed by atoms with van der Waals surface area (Å²) in [6.45, 7) is 9.47. The van der Waals surface area contributed by atoms with Crippen molar-refractivity contribution in [3.63, 3.8) is 0 Å². The Kier molecular flexibility index (Phi) is 4.23.